The van der Waals surface area contributed by atoms with E-state index >= 15 is 0 Å². The highest BCUT2D eigenvalue weighted by molar-refractivity contribution is 5.09. The van der Waals surface area contributed by atoms with Crippen LogP contribution in [0.1, 0.15) is 46.5 Å². The predicted molar refractivity (Wildman–Crippen MR) is 55.4 cm³/mol. The molecule has 0 aromatic rings. The molecule has 0 heterocycles. The maximum atomic E-state index is 13.0. The van der Waals surface area contributed by atoms with Gasteiger partial charge in [-0.2, -0.15) is 0 Å². The third kappa shape index (κ3) is 3.50. The van der Waals surface area contributed by atoms with Gasteiger partial charge in [-0.15, -0.1) is 0 Å². The first kappa shape index (κ1) is 10.7. The van der Waals surface area contributed by atoms with Gasteiger partial charge in [0.25, 0.3) is 0 Å². The van der Waals surface area contributed by atoms with E-state index in [1.165, 1.54) is 6.42 Å². The number of hydrogen-bond acceptors (Lipinski definition) is 0. The van der Waals surface area contributed by atoms with Crippen LogP contribution in [0.3, 0.4) is 0 Å². The van der Waals surface area contributed by atoms with Crippen LogP contribution in [-0.2, 0) is 0 Å². The minimum absolute atomic E-state index is 0.370. The maximum absolute atomic E-state index is 13.0. The van der Waals surface area contributed by atoms with Crippen LogP contribution in [0.25, 0.3) is 0 Å². The van der Waals surface area contributed by atoms with E-state index in [0.717, 1.165) is 18.4 Å². The van der Waals surface area contributed by atoms with Gasteiger partial charge in [0.2, 0.25) is 0 Å². The molecule has 1 fully saturated rings. The molecule has 0 spiro atoms. The monoisotopic (exact) mass is 184 g/mol. The molecule has 0 aromatic carbocycles. The average molecular weight is 184 g/mol. The van der Waals surface area contributed by atoms with Crippen LogP contribution in [0, 0.1) is 11.3 Å². The normalized spacial score (nSPS) is 29.7. The SMILES string of the molecule is C=C1CC(F)CC1CCC(C)(C)C. The summed E-state index contributed by atoms with van der Waals surface area (Å²) in [6.45, 7) is 10.6. The van der Waals surface area contributed by atoms with Gasteiger partial charge >= 0.3 is 0 Å². The van der Waals surface area contributed by atoms with Crippen molar-refractivity contribution in [3.05, 3.63) is 12.2 Å². The third-order valence-electron chi connectivity index (χ3n) is 2.84. The van der Waals surface area contributed by atoms with Crippen LogP contribution in [0.15, 0.2) is 12.2 Å². The lowest BCUT2D eigenvalue weighted by Crippen LogP contribution is -2.08. The molecule has 76 valence electrons. The van der Waals surface area contributed by atoms with E-state index in [-0.39, 0.29) is 0 Å². The van der Waals surface area contributed by atoms with E-state index in [2.05, 4.69) is 27.4 Å². The molecule has 1 saturated carbocycles. The Bertz CT molecular complexity index is 188. The van der Waals surface area contributed by atoms with Gasteiger partial charge in [-0.25, -0.2) is 4.39 Å². The van der Waals surface area contributed by atoms with Crippen LogP contribution in [0.2, 0.25) is 0 Å². The second-order valence-corrected chi connectivity index (χ2v) is 5.49. The Morgan fingerprint density at radius 2 is 2.08 bits per heavy atom. The topological polar surface area (TPSA) is 0 Å². The fourth-order valence-corrected chi connectivity index (χ4v) is 1.94. The molecule has 0 amide bonds. The van der Waals surface area contributed by atoms with Gasteiger partial charge in [0, 0.05) is 0 Å². The lowest BCUT2D eigenvalue weighted by Gasteiger charge is -2.20. The second-order valence-electron chi connectivity index (χ2n) is 5.49. The summed E-state index contributed by atoms with van der Waals surface area (Å²) < 4.78 is 13.0. The Morgan fingerprint density at radius 3 is 2.46 bits per heavy atom. The lowest BCUT2D eigenvalue weighted by atomic mass is 9.85. The smallest absolute Gasteiger partial charge is 0.104 e. The molecule has 0 bridgehead atoms. The molecule has 2 atom stereocenters. The Balaban J connectivity index is 2.34. The standard InChI is InChI=1S/C12H21F/c1-9-7-11(13)8-10(9)5-6-12(2,3)4/h10-11H,1,5-8H2,2-4H3. The van der Waals surface area contributed by atoms with E-state index in [4.69, 9.17) is 0 Å². The number of alkyl halides is 1. The average Bonchev–Trinajstić information content (AvgIpc) is 2.24. The minimum atomic E-state index is -0.613. The minimum Gasteiger partial charge on any atom is -0.247 e. The van der Waals surface area contributed by atoms with Gasteiger partial charge in [0.05, 0.1) is 0 Å². The first-order valence-electron chi connectivity index (χ1n) is 5.20. The summed E-state index contributed by atoms with van der Waals surface area (Å²) in [5, 5.41) is 0. The highest BCUT2D eigenvalue weighted by Gasteiger charge is 2.28. The highest BCUT2D eigenvalue weighted by atomic mass is 19.1. The number of hydrogen-bond donors (Lipinski definition) is 0. The highest BCUT2D eigenvalue weighted by Crippen LogP contribution is 2.37. The summed E-state index contributed by atoms with van der Waals surface area (Å²) in [7, 11) is 0. The molecule has 1 heteroatoms. The van der Waals surface area contributed by atoms with E-state index in [1.807, 2.05) is 0 Å². The van der Waals surface area contributed by atoms with Crippen molar-refractivity contribution in [1.29, 1.82) is 0 Å². The molecule has 1 aliphatic carbocycles. The molecular weight excluding hydrogens is 163 g/mol. The van der Waals surface area contributed by atoms with Crippen molar-refractivity contribution in [3.63, 3.8) is 0 Å². The van der Waals surface area contributed by atoms with Crippen molar-refractivity contribution in [1.82, 2.24) is 0 Å². The van der Waals surface area contributed by atoms with E-state index in [0.29, 0.717) is 17.8 Å². The maximum Gasteiger partial charge on any atom is 0.104 e. The second kappa shape index (κ2) is 3.81. The zero-order valence-electron chi connectivity index (χ0n) is 9.07. The van der Waals surface area contributed by atoms with Crippen molar-refractivity contribution in [2.24, 2.45) is 11.3 Å². The summed E-state index contributed by atoms with van der Waals surface area (Å²) >= 11 is 0. The molecule has 0 aromatic heterocycles. The molecule has 0 saturated heterocycles. The van der Waals surface area contributed by atoms with Gasteiger partial charge in [-0.3, -0.25) is 0 Å². The van der Waals surface area contributed by atoms with Crippen LogP contribution >= 0.6 is 0 Å². The molecule has 2 unspecified atom stereocenters. The molecule has 1 rings (SSSR count). The third-order valence-corrected chi connectivity index (χ3v) is 2.84. The van der Waals surface area contributed by atoms with Gasteiger partial charge in [-0.1, -0.05) is 32.9 Å². The van der Waals surface area contributed by atoms with Crippen LogP contribution in [0.5, 0.6) is 0 Å². The molecule has 13 heavy (non-hydrogen) atoms. The number of halogens is 1. The first-order chi connectivity index (χ1) is 5.88. The summed E-state index contributed by atoms with van der Waals surface area (Å²) in [6, 6.07) is 0. The van der Waals surface area contributed by atoms with Gasteiger partial charge in [0.1, 0.15) is 6.17 Å². The Hall–Kier alpha value is -0.330. The van der Waals surface area contributed by atoms with Gasteiger partial charge in [-0.05, 0) is 37.0 Å². The van der Waals surface area contributed by atoms with E-state index in [1.54, 1.807) is 0 Å². The summed E-state index contributed by atoms with van der Waals surface area (Å²) in [5.74, 6) is 0.453. The van der Waals surface area contributed by atoms with Crippen molar-refractivity contribution in [3.8, 4) is 0 Å². The Kier molecular flexibility index (Phi) is 3.15. The summed E-state index contributed by atoms with van der Waals surface area (Å²) in [5.41, 5.74) is 1.51. The molecule has 0 nitrogen and oxygen atoms in total. The molecule has 0 aliphatic heterocycles. The van der Waals surface area contributed by atoms with Gasteiger partial charge in [0.15, 0.2) is 0 Å². The number of allylic oxidation sites excluding steroid dienone is 1. The van der Waals surface area contributed by atoms with Crippen LogP contribution < -0.4 is 0 Å². The Morgan fingerprint density at radius 1 is 1.46 bits per heavy atom. The fourth-order valence-electron chi connectivity index (χ4n) is 1.94. The van der Waals surface area contributed by atoms with Crippen molar-refractivity contribution >= 4 is 0 Å². The molecule has 0 N–H and O–H groups in total. The zero-order valence-corrected chi connectivity index (χ0v) is 9.07. The summed E-state index contributed by atoms with van der Waals surface area (Å²) in [6.07, 6.45) is 2.99. The molecular formula is C12H21F. The molecule has 1 aliphatic rings. The van der Waals surface area contributed by atoms with Gasteiger partial charge < -0.3 is 0 Å². The largest absolute Gasteiger partial charge is 0.247 e. The lowest BCUT2D eigenvalue weighted by molar-refractivity contribution is 0.301. The Labute approximate surface area is 81.2 Å². The van der Waals surface area contributed by atoms with Crippen molar-refractivity contribution in [2.45, 2.75) is 52.6 Å². The number of rotatable bonds is 2. The van der Waals surface area contributed by atoms with Crippen LogP contribution in [0.4, 0.5) is 4.39 Å². The zero-order chi connectivity index (χ0) is 10.1. The fraction of sp³-hybridized carbons (Fsp3) is 0.833. The first-order valence-corrected chi connectivity index (χ1v) is 5.20. The summed E-state index contributed by atoms with van der Waals surface area (Å²) in [4.78, 5) is 0. The van der Waals surface area contributed by atoms with Crippen LogP contribution in [-0.4, -0.2) is 6.17 Å². The van der Waals surface area contributed by atoms with Crippen molar-refractivity contribution < 1.29 is 4.39 Å². The van der Waals surface area contributed by atoms with E-state index in [9.17, 15) is 4.39 Å². The van der Waals surface area contributed by atoms with E-state index < -0.39 is 6.17 Å². The predicted octanol–water partition coefficient (Wildman–Crippen LogP) is 4.12. The van der Waals surface area contributed by atoms with Crippen molar-refractivity contribution in [2.75, 3.05) is 0 Å². The quantitative estimate of drug-likeness (QED) is 0.566. The molecule has 0 radical (unpaired) electrons.